The molecule has 0 saturated heterocycles. The summed E-state index contributed by atoms with van der Waals surface area (Å²) in [5.74, 6) is 0.610. The summed E-state index contributed by atoms with van der Waals surface area (Å²) in [4.78, 5) is 0. The summed E-state index contributed by atoms with van der Waals surface area (Å²) in [6, 6.07) is 0. The summed E-state index contributed by atoms with van der Waals surface area (Å²) in [7, 11) is 0. The highest BCUT2D eigenvalue weighted by atomic mass is 16.5. The second-order valence-electron chi connectivity index (χ2n) is 2.90. The van der Waals surface area contributed by atoms with Crippen LogP contribution in [0.1, 0.15) is 27.2 Å². The third-order valence-electron chi connectivity index (χ3n) is 1.46. The average molecular weight is 146 g/mol. The van der Waals surface area contributed by atoms with E-state index < -0.39 is 0 Å². The molecule has 1 N–H and O–H groups in total. The van der Waals surface area contributed by atoms with Crippen molar-refractivity contribution in [2.24, 2.45) is 5.92 Å². The van der Waals surface area contributed by atoms with Crippen LogP contribution in [0.5, 0.6) is 0 Å². The van der Waals surface area contributed by atoms with Gasteiger partial charge in [-0.2, -0.15) is 0 Å². The zero-order valence-corrected chi connectivity index (χ0v) is 7.13. The zero-order valence-electron chi connectivity index (χ0n) is 7.13. The molecule has 0 radical (unpaired) electrons. The topological polar surface area (TPSA) is 29.5 Å². The van der Waals surface area contributed by atoms with E-state index in [-0.39, 0.29) is 6.10 Å². The van der Waals surface area contributed by atoms with Crippen LogP contribution in [0.4, 0.5) is 0 Å². The summed E-state index contributed by atoms with van der Waals surface area (Å²) in [6.07, 6.45) is 0.809. The van der Waals surface area contributed by atoms with Gasteiger partial charge in [0, 0.05) is 6.61 Å². The normalized spacial score (nSPS) is 16.8. The number of aliphatic hydroxyl groups is 1. The maximum atomic E-state index is 8.81. The van der Waals surface area contributed by atoms with Crippen molar-refractivity contribution < 1.29 is 9.84 Å². The predicted octanol–water partition coefficient (Wildman–Crippen LogP) is 1.43. The number of hydrogen-bond donors (Lipinski definition) is 1. The maximum absolute atomic E-state index is 8.81. The molecule has 0 bridgehead atoms. The highest BCUT2D eigenvalue weighted by molar-refractivity contribution is 4.47. The van der Waals surface area contributed by atoms with E-state index in [9.17, 15) is 0 Å². The monoisotopic (exact) mass is 146 g/mol. The van der Waals surface area contributed by atoms with Crippen molar-refractivity contribution in [3.05, 3.63) is 0 Å². The number of hydrogen-bond acceptors (Lipinski definition) is 2. The van der Waals surface area contributed by atoms with Gasteiger partial charge >= 0.3 is 0 Å². The molecule has 2 atom stereocenters. The smallest absolute Gasteiger partial charge is 0.0745 e. The Balaban J connectivity index is 3.03. The van der Waals surface area contributed by atoms with Gasteiger partial charge in [0.2, 0.25) is 0 Å². The standard InChI is InChI=1S/C8H18O2/c1-4-7(2)5-10-6-8(3)9/h7-9H,4-6H2,1-3H3/t7-,8-/m0/s1. The molecule has 0 aromatic rings. The van der Waals surface area contributed by atoms with Crippen LogP contribution in [0, 0.1) is 5.92 Å². The molecule has 0 amide bonds. The van der Waals surface area contributed by atoms with Gasteiger partial charge in [-0.05, 0) is 12.8 Å². The van der Waals surface area contributed by atoms with E-state index in [0.29, 0.717) is 12.5 Å². The van der Waals surface area contributed by atoms with Crippen LogP contribution < -0.4 is 0 Å². The third-order valence-corrected chi connectivity index (χ3v) is 1.46. The molecular formula is C8H18O2. The first kappa shape index (κ1) is 9.92. The van der Waals surface area contributed by atoms with E-state index in [0.717, 1.165) is 13.0 Å². The number of aliphatic hydroxyl groups excluding tert-OH is 1. The van der Waals surface area contributed by atoms with Crippen molar-refractivity contribution in [1.29, 1.82) is 0 Å². The van der Waals surface area contributed by atoms with Gasteiger partial charge in [0.15, 0.2) is 0 Å². The summed E-state index contributed by atoms with van der Waals surface area (Å²) in [5.41, 5.74) is 0. The van der Waals surface area contributed by atoms with Gasteiger partial charge in [-0.1, -0.05) is 20.3 Å². The Hall–Kier alpha value is -0.0800. The molecule has 0 aliphatic carbocycles. The van der Waals surface area contributed by atoms with Crippen LogP contribution >= 0.6 is 0 Å². The van der Waals surface area contributed by atoms with E-state index in [4.69, 9.17) is 9.84 Å². The van der Waals surface area contributed by atoms with E-state index >= 15 is 0 Å². The van der Waals surface area contributed by atoms with Crippen LogP contribution in [0.3, 0.4) is 0 Å². The zero-order chi connectivity index (χ0) is 7.98. The molecule has 0 rings (SSSR count). The molecule has 0 unspecified atom stereocenters. The minimum Gasteiger partial charge on any atom is -0.391 e. The quantitative estimate of drug-likeness (QED) is 0.635. The van der Waals surface area contributed by atoms with Gasteiger partial charge in [-0.15, -0.1) is 0 Å². The Morgan fingerprint density at radius 1 is 1.30 bits per heavy atom. The van der Waals surface area contributed by atoms with Gasteiger partial charge in [-0.25, -0.2) is 0 Å². The third kappa shape index (κ3) is 6.05. The highest BCUT2D eigenvalue weighted by Gasteiger charge is 1.99. The van der Waals surface area contributed by atoms with Crippen molar-refractivity contribution in [2.45, 2.75) is 33.3 Å². The molecule has 0 fully saturated rings. The molecule has 0 aromatic carbocycles. The minimum absolute atomic E-state index is 0.330. The molecule has 0 heterocycles. The van der Waals surface area contributed by atoms with E-state index in [2.05, 4.69) is 13.8 Å². The first-order valence-electron chi connectivity index (χ1n) is 3.92. The molecule has 0 aliphatic rings. The van der Waals surface area contributed by atoms with Crippen LogP contribution in [-0.2, 0) is 4.74 Å². The fourth-order valence-corrected chi connectivity index (χ4v) is 0.558. The Kier molecular flexibility index (Phi) is 5.64. The van der Waals surface area contributed by atoms with E-state index in [1.165, 1.54) is 0 Å². The summed E-state index contributed by atoms with van der Waals surface area (Å²) >= 11 is 0. The lowest BCUT2D eigenvalue weighted by molar-refractivity contribution is 0.0314. The SMILES string of the molecule is CC[C@H](C)COC[C@H](C)O. The van der Waals surface area contributed by atoms with Crippen molar-refractivity contribution >= 4 is 0 Å². The lowest BCUT2D eigenvalue weighted by Crippen LogP contribution is -2.14. The van der Waals surface area contributed by atoms with Crippen molar-refractivity contribution in [1.82, 2.24) is 0 Å². The van der Waals surface area contributed by atoms with Crippen LogP contribution in [0.15, 0.2) is 0 Å². The largest absolute Gasteiger partial charge is 0.391 e. The minimum atomic E-state index is -0.330. The second kappa shape index (κ2) is 5.69. The Morgan fingerprint density at radius 3 is 2.30 bits per heavy atom. The molecule has 0 saturated carbocycles. The molecule has 10 heavy (non-hydrogen) atoms. The molecule has 62 valence electrons. The van der Waals surface area contributed by atoms with Gasteiger partial charge < -0.3 is 9.84 Å². The van der Waals surface area contributed by atoms with Gasteiger partial charge in [0.1, 0.15) is 0 Å². The number of ether oxygens (including phenoxy) is 1. The Labute approximate surface area is 63.2 Å². The summed E-state index contributed by atoms with van der Waals surface area (Å²) < 4.78 is 5.20. The molecule has 0 aliphatic heterocycles. The van der Waals surface area contributed by atoms with E-state index in [1.54, 1.807) is 6.92 Å². The Bertz CT molecular complexity index is 71.7. The van der Waals surface area contributed by atoms with E-state index in [1.807, 2.05) is 0 Å². The van der Waals surface area contributed by atoms with Gasteiger partial charge in [0.25, 0.3) is 0 Å². The van der Waals surface area contributed by atoms with Crippen LogP contribution in [0.25, 0.3) is 0 Å². The fourth-order valence-electron chi connectivity index (χ4n) is 0.558. The van der Waals surface area contributed by atoms with Crippen molar-refractivity contribution in [3.8, 4) is 0 Å². The fraction of sp³-hybridized carbons (Fsp3) is 1.00. The molecule has 2 nitrogen and oxygen atoms in total. The number of rotatable bonds is 5. The van der Waals surface area contributed by atoms with Gasteiger partial charge in [0.05, 0.1) is 12.7 Å². The lowest BCUT2D eigenvalue weighted by atomic mass is 10.1. The van der Waals surface area contributed by atoms with Crippen molar-refractivity contribution in [2.75, 3.05) is 13.2 Å². The predicted molar refractivity (Wildman–Crippen MR) is 42.0 cm³/mol. The van der Waals surface area contributed by atoms with Crippen molar-refractivity contribution in [3.63, 3.8) is 0 Å². The molecular weight excluding hydrogens is 128 g/mol. The molecule has 0 spiro atoms. The first-order valence-corrected chi connectivity index (χ1v) is 3.92. The van der Waals surface area contributed by atoms with Gasteiger partial charge in [-0.3, -0.25) is 0 Å². The summed E-state index contributed by atoms with van der Waals surface area (Å²) in [6.45, 7) is 7.24. The highest BCUT2D eigenvalue weighted by Crippen LogP contribution is 2.00. The first-order chi connectivity index (χ1) is 4.66. The Morgan fingerprint density at radius 2 is 1.90 bits per heavy atom. The lowest BCUT2D eigenvalue weighted by Gasteiger charge is -2.10. The average Bonchev–Trinajstić information content (AvgIpc) is 1.87. The molecule has 0 aromatic heterocycles. The summed E-state index contributed by atoms with van der Waals surface area (Å²) in [5, 5.41) is 8.81. The molecule has 2 heteroatoms. The maximum Gasteiger partial charge on any atom is 0.0745 e. The van der Waals surface area contributed by atoms with Crippen LogP contribution in [0.2, 0.25) is 0 Å². The van der Waals surface area contributed by atoms with Crippen LogP contribution in [-0.4, -0.2) is 24.4 Å². The second-order valence-corrected chi connectivity index (χ2v) is 2.90.